The second kappa shape index (κ2) is 12.7. The maximum atomic E-state index is 13.8. The predicted molar refractivity (Wildman–Crippen MR) is 167 cm³/mol. The Labute approximate surface area is 263 Å². The summed E-state index contributed by atoms with van der Waals surface area (Å²) in [6, 6.07) is 25.7. The van der Waals surface area contributed by atoms with E-state index in [1.54, 1.807) is 20.8 Å². The Morgan fingerprint density at radius 1 is 0.956 bits per heavy atom. The lowest BCUT2D eigenvalue weighted by molar-refractivity contribution is -0.323. The highest BCUT2D eigenvalue weighted by atomic mass is 16.7. The molecule has 0 saturated carbocycles. The maximum absolute atomic E-state index is 13.8. The molecule has 1 aliphatic carbocycles. The van der Waals surface area contributed by atoms with Gasteiger partial charge in [-0.05, 0) is 48.1 Å². The van der Waals surface area contributed by atoms with Gasteiger partial charge in [0, 0.05) is 18.4 Å². The Bertz CT molecular complexity index is 1510. The van der Waals surface area contributed by atoms with Crippen LogP contribution in [0.25, 0.3) is 11.1 Å². The summed E-state index contributed by atoms with van der Waals surface area (Å²) in [6.07, 6.45) is -1.70. The zero-order chi connectivity index (χ0) is 31.7. The molecule has 0 unspecified atom stereocenters. The molecule has 45 heavy (non-hydrogen) atoms. The number of hydrogen-bond donors (Lipinski definition) is 1. The summed E-state index contributed by atoms with van der Waals surface area (Å²) in [7, 11) is 0. The van der Waals surface area contributed by atoms with Gasteiger partial charge in [-0.3, -0.25) is 4.79 Å². The molecule has 5 atom stereocenters. The predicted octanol–water partition coefficient (Wildman–Crippen LogP) is 5.91. The van der Waals surface area contributed by atoms with Crippen molar-refractivity contribution in [1.82, 2.24) is 10.2 Å². The SMILES string of the molecule is C[C@@H]1[C@@H]([C@H](C)C(=O)N2C(=O)OC[C@@H]2Cc2ccccc2)OC(C)(C)O[C@@H]1CNC(=O)OCC1c2ccccc2-c2ccccc21. The van der Waals surface area contributed by atoms with E-state index >= 15 is 0 Å². The summed E-state index contributed by atoms with van der Waals surface area (Å²) in [6.45, 7) is 7.79. The molecule has 9 heteroatoms. The minimum atomic E-state index is -1.02. The molecule has 0 bridgehead atoms. The number of nitrogens with one attached hydrogen (secondary N) is 1. The highest BCUT2D eigenvalue weighted by Crippen LogP contribution is 2.44. The molecule has 236 valence electrons. The number of fused-ring (bicyclic) bond motifs is 3. The Hall–Kier alpha value is -4.21. The molecule has 0 aromatic heterocycles. The van der Waals surface area contributed by atoms with Crippen molar-refractivity contribution < 1.29 is 33.3 Å². The Morgan fingerprint density at radius 3 is 2.24 bits per heavy atom. The van der Waals surface area contributed by atoms with Crippen LogP contribution in [0.5, 0.6) is 0 Å². The lowest BCUT2D eigenvalue weighted by Gasteiger charge is -2.47. The molecule has 9 nitrogen and oxygen atoms in total. The molecule has 6 rings (SSSR count). The van der Waals surface area contributed by atoms with E-state index in [1.165, 1.54) is 4.90 Å². The molecule has 3 aromatic carbocycles. The smallest absolute Gasteiger partial charge is 0.416 e. The molecular formula is C36H40N2O7. The number of rotatable bonds is 8. The summed E-state index contributed by atoms with van der Waals surface area (Å²) in [5.74, 6) is -2.36. The van der Waals surface area contributed by atoms with Gasteiger partial charge >= 0.3 is 12.2 Å². The molecule has 3 amide bonds. The minimum absolute atomic E-state index is 0.0421. The molecule has 1 N–H and O–H groups in total. The molecular weight excluding hydrogens is 572 g/mol. The van der Waals surface area contributed by atoms with Gasteiger partial charge in [0.2, 0.25) is 5.91 Å². The standard InChI is InChI=1S/C36H40N2O7/c1-22-31(19-37-34(40)42-21-30-28-16-10-8-14-26(28)27-15-9-11-17-29(27)30)44-36(3,4)45-32(22)23(2)33(39)38-25(20-43-35(38)41)18-24-12-6-5-7-13-24/h5-17,22-23,25,30-32H,18-21H2,1-4H3,(H,37,40)/t22-,23-,25-,31+,32-/m0/s1. The summed E-state index contributed by atoms with van der Waals surface area (Å²) in [5, 5.41) is 2.87. The zero-order valence-corrected chi connectivity index (χ0v) is 26.1. The lowest BCUT2D eigenvalue weighted by atomic mass is 9.86. The van der Waals surface area contributed by atoms with Crippen LogP contribution in [0.2, 0.25) is 0 Å². The van der Waals surface area contributed by atoms with Gasteiger partial charge in [0.15, 0.2) is 5.79 Å². The zero-order valence-electron chi connectivity index (χ0n) is 26.1. The summed E-state index contributed by atoms with van der Waals surface area (Å²) >= 11 is 0. The third-order valence-electron chi connectivity index (χ3n) is 9.15. The van der Waals surface area contributed by atoms with E-state index < -0.39 is 42.1 Å². The first kappa shape index (κ1) is 30.8. The van der Waals surface area contributed by atoms with Crippen molar-refractivity contribution in [3.8, 4) is 11.1 Å². The Morgan fingerprint density at radius 2 is 1.58 bits per heavy atom. The fourth-order valence-electron chi connectivity index (χ4n) is 6.89. The highest BCUT2D eigenvalue weighted by Gasteiger charge is 2.48. The Kier molecular flexibility index (Phi) is 8.66. The summed E-state index contributed by atoms with van der Waals surface area (Å²) < 4.78 is 23.5. The topological polar surface area (TPSA) is 103 Å². The quantitative estimate of drug-likeness (QED) is 0.338. The van der Waals surface area contributed by atoms with Gasteiger partial charge in [-0.1, -0.05) is 92.7 Å². The van der Waals surface area contributed by atoms with Crippen molar-refractivity contribution in [1.29, 1.82) is 0 Å². The third-order valence-corrected chi connectivity index (χ3v) is 9.15. The van der Waals surface area contributed by atoms with Crippen LogP contribution in [0.1, 0.15) is 50.3 Å². The fourth-order valence-corrected chi connectivity index (χ4v) is 6.89. The van der Waals surface area contributed by atoms with E-state index in [0.29, 0.717) is 6.42 Å². The third kappa shape index (κ3) is 6.32. The molecule has 0 radical (unpaired) electrons. The molecule has 2 heterocycles. The first-order valence-electron chi connectivity index (χ1n) is 15.6. The van der Waals surface area contributed by atoms with E-state index in [2.05, 4.69) is 29.6 Å². The van der Waals surface area contributed by atoms with Crippen molar-refractivity contribution in [2.75, 3.05) is 19.8 Å². The van der Waals surface area contributed by atoms with Crippen molar-refractivity contribution in [2.24, 2.45) is 11.8 Å². The molecule has 3 aliphatic rings. The number of hydrogen-bond acceptors (Lipinski definition) is 7. The molecule has 2 fully saturated rings. The van der Waals surface area contributed by atoms with Gasteiger partial charge in [0.25, 0.3) is 0 Å². The van der Waals surface area contributed by atoms with Crippen molar-refractivity contribution in [3.63, 3.8) is 0 Å². The number of amides is 3. The molecule has 2 aliphatic heterocycles. The summed E-state index contributed by atoms with van der Waals surface area (Å²) in [5.41, 5.74) is 5.63. The van der Waals surface area contributed by atoms with Gasteiger partial charge in [0.1, 0.15) is 13.2 Å². The van der Waals surface area contributed by atoms with Gasteiger partial charge in [-0.15, -0.1) is 0 Å². The molecule has 3 aromatic rings. The number of nitrogens with zero attached hydrogens (tertiary/aromatic N) is 1. The number of ether oxygens (including phenoxy) is 4. The van der Waals surface area contributed by atoms with Gasteiger partial charge < -0.3 is 24.3 Å². The second-order valence-corrected chi connectivity index (χ2v) is 12.6. The number of imide groups is 1. The fraction of sp³-hybridized carbons (Fsp3) is 0.417. The number of alkyl carbamates (subject to hydrolysis) is 1. The number of cyclic esters (lactones) is 1. The van der Waals surface area contributed by atoms with Crippen molar-refractivity contribution in [2.45, 2.75) is 64.1 Å². The van der Waals surface area contributed by atoms with Crippen LogP contribution >= 0.6 is 0 Å². The molecule has 2 saturated heterocycles. The average molecular weight is 613 g/mol. The first-order chi connectivity index (χ1) is 21.6. The minimum Gasteiger partial charge on any atom is -0.449 e. The second-order valence-electron chi connectivity index (χ2n) is 12.6. The van der Waals surface area contributed by atoms with Crippen LogP contribution in [0.3, 0.4) is 0 Å². The van der Waals surface area contributed by atoms with Crippen LogP contribution < -0.4 is 5.32 Å². The van der Waals surface area contributed by atoms with Crippen molar-refractivity contribution in [3.05, 3.63) is 95.6 Å². The first-order valence-corrected chi connectivity index (χ1v) is 15.6. The molecule has 0 spiro atoms. The average Bonchev–Trinajstić information content (AvgIpc) is 3.56. The van der Waals surface area contributed by atoms with Gasteiger partial charge in [0.05, 0.1) is 24.2 Å². The number of benzene rings is 3. The van der Waals surface area contributed by atoms with Gasteiger partial charge in [-0.2, -0.15) is 0 Å². The van der Waals surface area contributed by atoms with E-state index in [1.807, 2.05) is 61.5 Å². The number of carbonyl (C=O) groups is 3. The van der Waals surface area contributed by atoms with Crippen LogP contribution in [-0.2, 0) is 30.2 Å². The van der Waals surface area contributed by atoms with Crippen LogP contribution in [0, 0.1) is 11.8 Å². The maximum Gasteiger partial charge on any atom is 0.416 e. The number of carbonyl (C=O) groups excluding carboxylic acids is 3. The monoisotopic (exact) mass is 612 g/mol. The summed E-state index contributed by atoms with van der Waals surface area (Å²) in [4.78, 5) is 40.6. The van der Waals surface area contributed by atoms with E-state index in [-0.39, 0.29) is 37.5 Å². The van der Waals surface area contributed by atoms with E-state index in [9.17, 15) is 14.4 Å². The van der Waals surface area contributed by atoms with Crippen LogP contribution in [0.4, 0.5) is 9.59 Å². The van der Waals surface area contributed by atoms with Gasteiger partial charge in [-0.25, -0.2) is 14.5 Å². The van der Waals surface area contributed by atoms with E-state index in [4.69, 9.17) is 18.9 Å². The van der Waals surface area contributed by atoms with Crippen LogP contribution in [-0.4, -0.2) is 66.8 Å². The van der Waals surface area contributed by atoms with Crippen molar-refractivity contribution >= 4 is 18.1 Å². The largest absolute Gasteiger partial charge is 0.449 e. The highest BCUT2D eigenvalue weighted by molar-refractivity contribution is 5.95. The van der Waals surface area contributed by atoms with Crippen LogP contribution in [0.15, 0.2) is 78.9 Å². The lowest BCUT2D eigenvalue weighted by Crippen LogP contribution is -2.58. The normalized spacial score (nSPS) is 24.4. The Balaban J connectivity index is 1.08. The van der Waals surface area contributed by atoms with E-state index in [0.717, 1.165) is 27.8 Å².